The van der Waals surface area contributed by atoms with Gasteiger partial charge in [-0.1, -0.05) is 48.6 Å². The van der Waals surface area contributed by atoms with Crippen molar-refractivity contribution in [1.29, 1.82) is 0 Å². The second-order valence-corrected chi connectivity index (χ2v) is 4.58. The van der Waals surface area contributed by atoms with E-state index in [2.05, 4.69) is 4.99 Å². The van der Waals surface area contributed by atoms with Crippen LogP contribution in [0.5, 0.6) is 0 Å². The topological polar surface area (TPSA) is 29.4 Å². The lowest BCUT2D eigenvalue weighted by molar-refractivity contribution is 0.100. The second-order valence-electron chi connectivity index (χ2n) is 4.58. The molecule has 1 amide bonds. The Labute approximate surface area is 119 Å². The van der Waals surface area contributed by atoms with Crippen LogP contribution in [-0.2, 0) is 0 Å². The van der Waals surface area contributed by atoms with Crippen LogP contribution in [0, 0.1) is 13.8 Å². The van der Waals surface area contributed by atoms with Crippen LogP contribution in [-0.4, -0.2) is 11.6 Å². The third kappa shape index (κ3) is 3.51. The predicted octanol–water partition coefficient (Wildman–Crippen LogP) is 4.12. The highest BCUT2D eigenvalue weighted by Gasteiger charge is 2.09. The first-order chi connectivity index (χ1) is 9.68. The summed E-state index contributed by atoms with van der Waals surface area (Å²) in [6, 6.07) is 5.70. The predicted molar refractivity (Wildman–Crippen MR) is 84.2 cm³/mol. The molecule has 0 heterocycles. The van der Waals surface area contributed by atoms with Crippen molar-refractivity contribution >= 4 is 11.6 Å². The van der Waals surface area contributed by atoms with E-state index >= 15 is 0 Å². The van der Waals surface area contributed by atoms with Gasteiger partial charge >= 0.3 is 0 Å². The van der Waals surface area contributed by atoms with E-state index in [1.165, 1.54) is 0 Å². The normalized spacial score (nSPS) is 13.8. The summed E-state index contributed by atoms with van der Waals surface area (Å²) in [4.78, 5) is 16.5. The van der Waals surface area contributed by atoms with E-state index in [-0.39, 0.29) is 5.91 Å². The Bertz CT molecular complexity index is 634. The molecule has 0 radical (unpaired) electrons. The zero-order chi connectivity index (χ0) is 14.4. The highest BCUT2D eigenvalue weighted by Crippen LogP contribution is 2.14. The van der Waals surface area contributed by atoms with Crippen molar-refractivity contribution in [2.45, 2.75) is 13.8 Å². The molecule has 2 heteroatoms. The van der Waals surface area contributed by atoms with Gasteiger partial charge in [-0.25, -0.2) is 4.99 Å². The molecule has 0 atom stereocenters. The van der Waals surface area contributed by atoms with Crippen LogP contribution in [0.1, 0.15) is 21.5 Å². The van der Waals surface area contributed by atoms with Gasteiger partial charge in [-0.3, -0.25) is 4.79 Å². The molecular formula is C18H17NO. The van der Waals surface area contributed by atoms with Gasteiger partial charge in [-0.05, 0) is 43.2 Å². The minimum absolute atomic E-state index is 0.206. The number of rotatable bonds is 1. The molecule has 1 aliphatic carbocycles. The number of hydrogen-bond acceptors (Lipinski definition) is 1. The highest BCUT2D eigenvalue weighted by molar-refractivity contribution is 6.13. The van der Waals surface area contributed by atoms with Crippen molar-refractivity contribution in [2.75, 3.05) is 0 Å². The van der Waals surface area contributed by atoms with E-state index in [0.717, 1.165) is 11.1 Å². The van der Waals surface area contributed by atoms with Gasteiger partial charge in [0.05, 0.1) is 5.71 Å². The molecule has 0 aromatic heterocycles. The number of aliphatic imine (C=N–C) groups is 1. The van der Waals surface area contributed by atoms with E-state index in [4.69, 9.17) is 0 Å². The summed E-state index contributed by atoms with van der Waals surface area (Å²) >= 11 is 0. The first-order valence-corrected chi connectivity index (χ1v) is 6.56. The molecule has 0 spiro atoms. The van der Waals surface area contributed by atoms with Crippen molar-refractivity contribution in [1.82, 2.24) is 0 Å². The van der Waals surface area contributed by atoms with Gasteiger partial charge in [0.2, 0.25) is 0 Å². The van der Waals surface area contributed by atoms with Crippen LogP contribution in [0.4, 0.5) is 0 Å². The number of allylic oxidation sites excluding steroid dienone is 8. The SMILES string of the molecule is Cc1cccc(C(=O)N=C2C=CC=CC=CC=C2)c1C. The van der Waals surface area contributed by atoms with Crippen LogP contribution in [0.15, 0.2) is 71.8 Å². The zero-order valence-electron chi connectivity index (χ0n) is 11.7. The van der Waals surface area contributed by atoms with Crippen molar-refractivity contribution < 1.29 is 4.79 Å². The van der Waals surface area contributed by atoms with Crippen LogP contribution in [0.2, 0.25) is 0 Å². The van der Waals surface area contributed by atoms with Crippen LogP contribution < -0.4 is 0 Å². The van der Waals surface area contributed by atoms with Crippen LogP contribution >= 0.6 is 0 Å². The monoisotopic (exact) mass is 263 g/mol. The minimum atomic E-state index is -0.206. The van der Waals surface area contributed by atoms with E-state index in [1.807, 2.05) is 80.7 Å². The molecular weight excluding hydrogens is 246 g/mol. The van der Waals surface area contributed by atoms with Crippen molar-refractivity contribution in [3.63, 3.8) is 0 Å². The third-order valence-corrected chi connectivity index (χ3v) is 3.16. The maximum Gasteiger partial charge on any atom is 0.277 e. The number of amides is 1. The maximum absolute atomic E-state index is 12.3. The fourth-order valence-corrected chi connectivity index (χ4v) is 1.86. The van der Waals surface area contributed by atoms with Crippen LogP contribution in [0.25, 0.3) is 0 Å². The van der Waals surface area contributed by atoms with Crippen molar-refractivity contribution in [2.24, 2.45) is 4.99 Å². The molecule has 2 rings (SSSR count). The molecule has 2 nitrogen and oxygen atoms in total. The summed E-state index contributed by atoms with van der Waals surface area (Å²) in [5, 5.41) is 0. The summed E-state index contributed by atoms with van der Waals surface area (Å²) in [7, 11) is 0. The van der Waals surface area contributed by atoms with Gasteiger partial charge < -0.3 is 0 Å². The molecule has 100 valence electrons. The Morgan fingerprint density at radius 1 is 0.900 bits per heavy atom. The summed E-state index contributed by atoms with van der Waals surface area (Å²) < 4.78 is 0. The number of hydrogen-bond donors (Lipinski definition) is 0. The number of benzene rings is 1. The molecule has 1 aromatic rings. The summed E-state index contributed by atoms with van der Waals surface area (Å²) in [5.41, 5.74) is 3.39. The lowest BCUT2D eigenvalue weighted by Gasteiger charge is -2.04. The molecule has 20 heavy (non-hydrogen) atoms. The molecule has 0 aliphatic heterocycles. The van der Waals surface area contributed by atoms with E-state index in [9.17, 15) is 4.79 Å². The maximum atomic E-state index is 12.3. The van der Waals surface area contributed by atoms with E-state index in [0.29, 0.717) is 11.3 Å². The smallest absolute Gasteiger partial charge is 0.267 e. The molecule has 0 N–H and O–H groups in total. The fourth-order valence-electron chi connectivity index (χ4n) is 1.86. The Balaban J connectivity index is 2.33. The third-order valence-electron chi connectivity index (χ3n) is 3.16. The standard InChI is InChI=1S/C18H17NO/c1-14-10-9-13-17(15(14)2)18(20)19-16-11-7-5-3-4-6-8-12-16/h3-13H,1-2H3. The number of carbonyl (C=O) groups is 1. The summed E-state index contributed by atoms with van der Waals surface area (Å²) in [5.74, 6) is -0.206. The van der Waals surface area contributed by atoms with Gasteiger partial charge in [-0.15, -0.1) is 0 Å². The van der Waals surface area contributed by atoms with Crippen molar-refractivity contribution in [3.8, 4) is 0 Å². The van der Waals surface area contributed by atoms with Gasteiger partial charge in [0, 0.05) is 5.56 Å². The molecule has 0 bridgehead atoms. The Morgan fingerprint density at radius 3 is 2.15 bits per heavy atom. The molecule has 0 saturated carbocycles. The quantitative estimate of drug-likeness (QED) is 0.749. The second kappa shape index (κ2) is 6.62. The van der Waals surface area contributed by atoms with Gasteiger partial charge in [0.1, 0.15) is 0 Å². The van der Waals surface area contributed by atoms with E-state index < -0.39 is 0 Å². The largest absolute Gasteiger partial charge is 0.277 e. The first kappa shape index (κ1) is 13.9. The summed E-state index contributed by atoms with van der Waals surface area (Å²) in [6.07, 6.45) is 15.0. The lowest BCUT2D eigenvalue weighted by atomic mass is 10.0. The number of nitrogens with zero attached hydrogens (tertiary/aromatic N) is 1. The average Bonchev–Trinajstić information content (AvgIpc) is 2.56. The number of carbonyl (C=O) groups excluding carboxylic acids is 1. The zero-order valence-corrected chi connectivity index (χ0v) is 11.7. The Morgan fingerprint density at radius 2 is 1.50 bits per heavy atom. The van der Waals surface area contributed by atoms with E-state index in [1.54, 1.807) is 0 Å². The Hall–Kier alpha value is -2.48. The van der Waals surface area contributed by atoms with Gasteiger partial charge in [0.25, 0.3) is 5.91 Å². The summed E-state index contributed by atoms with van der Waals surface area (Å²) in [6.45, 7) is 3.94. The van der Waals surface area contributed by atoms with Gasteiger partial charge in [-0.2, -0.15) is 0 Å². The minimum Gasteiger partial charge on any atom is -0.267 e. The molecule has 0 saturated heterocycles. The average molecular weight is 263 g/mol. The molecule has 0 fully saturated rings. The number of aryl methyl sites for hydroxylation is 1. The first-order valence-electron chi connectivity index (χ1n) is 6.56. The highest BCUT2D eigenvalue weighted by atomic mass is 16.1. The lowest BCUT2D eigenvalue weighted by Crippen LogP contribution is -2.03. The molecule has 1 aliphatic rings. The molecule has 1 aromatic carbocycles. The fraction of sp³-hybridized carbons (Fsp3) is 0.111. The van der Waals surface area contributed by atoms with Crippen LogP contribution in [0.3, 0.4) is 0 Å². The molecule has 0 unspecified atom stereocenters. The Kier molecular flexibility index (Phi) is 4.61. The van der Waals surface area contributed by atoms with Gasteiger partial charge in [0.15, 0.2) is 0 Å². The van der Waals surface area contributed by atoms with Crippen molar-refractivity contribution in [3.05, 3.63) is 83.5 Å².